The first kappa shape index (κ1) is 11.2. The van der Waals surface area contributed by atoms with Crippen molar-refractivity contribution in [3.8, 4) is 0 Å². The van der Waals surface area contributed by atoms with Gasteiger partial charge in [0.15, 0.2) is 0 Å². The second-order valence-corrected chi connectivity index (χ2v) is 5.49. The number of fused-ring (bicyclic) bond motifs is 1. The van der Waals surface area contributed by atoms with Gasteiger partial charge in [0.1, 0.15) is 10.4 Å². The van der Waals surface area contributed by atoms with Crippen LogP contribution in [0.5, 0.6) is 0 Å². The van der Waals surface area contributed by atoms with Crippen molar-refractivity contribution in [3.63, 3.8) is 0 Å². The number of amides is 1. The van der Waals surface area contributed by atoms with E-state index in [-0.39, 0.29) is 5.91 Å². The molecule has 3 rings (SSSR count). The Morgan fingerprint density at radius 2 is 2.28 bits per heavy atom. The van der Waals surface area contributed by atoms with Gasteiger partial charge in [-0.15, -0.1) is 11.3 Å². The van der Waals surface area contributed by atoms with Gasteiger partial charge in [-0.1, -0.05) is 0 Å². The van der Waals surface area contributed by atoms with Gasteiger partial charge in [0.05, 0.1) is 16.1 Å². The number of anilines is 2. The van der Waals surface area contributed by atoms with Crippen LogP contribution >= 0.6 is 22.7 Å². The molecule has 0 unspecified atom stereocenters. The van der Waals surface area contributed by atoms with Gasteiger partial charge in [-0.05, 0) is 23.6 Å². The number of nitrogens with two attached hydrogens (primary N) is 1. The first-order valence-electron chi connectivity index (χ1n) is 5.22. The molecule has 0 bridgehead atoms. The van der Waals surface area contributed by atoms with Crippen molar-refractivity contribution in [2.24, 2.45) is 0 Å². The van der Waals surface area contributed by atoms with E-state index in [0.29, 0.717) is 16.1 Å². The van der Waals surface area contributed by atoms with Crippen molar-refractivity contribution in [3.05, 3.63) is 40.0 Å². The van der Waals surface area contributed by atoms with Crippen LogP contribution in [-0.2, 0) is 0 Å². The molecule has 4 nitrogen and oxygen atoms in total. The Morgan fingerprint density at radius 3 is 3.00 bits per heavy atom. The fourth-order valence-corrected chi connectivity index (χ4v) is 3.20. The molecule has 0 atom stereocenters. The van der Waals surface area contributed by atoms with Crippen molar-refractivity contribution in [2.45, 2.75) is 0 Å². The summed E-state index contributed by atoms with van der Waals surface area (Å²) in [5.41, 5.74) is 7.89. The van der Waals surface area contributed by atoms with E-state index in [1.807, 2.05) is 29.0 Å². The lowest BCUT2D eigenvalue weighted by Gasteiger charge is -2.00. The van der Waals surface area contributed by atoms with E-state index in [0.717, 1.165) is 10.4 Å². The van der Waals surface area contributed by atoms with Crippen LogP contribution in [0, 0.1) is 0 Å². The van der Waals surface area contributed by atoms with Crippen molar-refractivity contribution < 1.29 is 4.79 Å². The predicted octanol–water partition coefficient (Wildman–Crippen LogP) is 3.19. The summed E-state index contributed by atoms with van der Waals surface area (Å²) in [6, 6.07) is 5.59. The third-order valence-electron chi connectivity index (χ3n) is 2.47. The Kier molecular flexibility index (Phi) is 2.73. The molecule has 18 heavy (non-hydrogen) atoms. The van der Waals surface area contributed by atoms with Gasteiger partial charge in [-0.25, -0.2) is 0 Å². The standard InChI is InChI=1S/C12H9N3OS2/c13-9-10-8(2-1-4-14-10)18-11(9)12(16)15-7-3-5-17-6-7/h1-6H,13H2,(H,15,16). The minimum absolute atomic E-state index is 0.186. The van der Waals surface area contributed by atoms with Gasteiger partial charge < -0.3 is 11.1 Å². The molecule has 0 aliphatic carbocycles. The number of nitrogen functional groups attached to an aromatic ring is 1. The van der Waals surface area contributed by atoms with Crippen LogP contribution < -0.4 is 11.1 Å². The topological polar surface area (TPSA) is 68.0 Å². The zero-order chi connectivity index (χ0) is 12.5. The van der Waals surface area contributed by atoms with Crippen LogP contribution in [0.3, 0.4) is 0 Å². The highest BCUT2D eigenvalue weighted by Gasteiger charge is 2.17. The molecule has 0 aromatic carbocycles. The number of nitrogens with one attached hydrogen (secondary N) is 1. The van der Waals surface area contributed by atoms with E-state index in [1.54, 1.807) is 6.20 Å². The molecule has 0 fully saturated rings. The molecule has 6 heteroatoms. The monoisotopic (exact) mass is 275 g/mol. The van der Waals surface area contributed by atoms with Gasteiger partial charge in [0, 0.05) is 11.6 Å². The number of hydrogen-bond donors (Lipinski definition) is 2. The van der Waals surface area contributed by atoms with Crippen molar-refractivity contribution >= 4 is 50.2 Å². The van der Waals surface area contributed by atoms with Crippen LogP contribution in [0.1, 0.15) is 9.67 Å². The molecule has 0 saturated heterocycles. The van der Waals surface area contributed by atoms with Crippen LogP contribution in [0.25, 0.3) is 10.2 Å². The molecular formula is C12H9N3OS2. The SMILES string of the molecule is Nc1c(C(=O)Nc2ccsc2)sc2cccnc12. The Labute approximate surface area is 111 Å². The van der Waals surface area contributed by atoms with Crippen LogP contribution in [0.4, 0.5) is 11.4 Å². The molecule has 90 valence electrons. The highest BCUT2D eigenvalue weighted by atomic mass is 32.1. The summed E-state index contributed by atoms with van der Waals surface area (Å²) in [5, 5.41) is 6.60. The highest BCUT2D eigenvalue weighted by Crippen LogP contribution is 2.32. The fraction of sp³-hybridized carbons (Fsp3) is 0. The zero-order valence-electron chi connectivity index (χ0n) is 9.21. The number of carbonyl (C=O) groups excluding carboxylic acids is 1. The number of rotatable bonds is 2. The Bertz CT molecular complexity index is 703. The maximum atomic E-state index is 12.1. The van der Waals surface area contributed by atoms with Gasteiger partial charge >= 0.3 is 0 Å². The molecule has 1 amide bonds. The molecule has 0 aliphatic rings. The summed E-state index contributed by atoms with van der Waals surface area (Å²) in [4.78, 5) is 16.8. The molecule has 3 aromatic rings. The lowest BCUT2D eigenvalue weighted by atomic mass is 10.3. The lowest BCUT2D eigenvalue weighted by molar-refractivity contribution is 0.103. The highest BCUT2D eigenvalue weighted by molar-refractivity contribution is 7.21. The van der Waals surface area contributed by atoms with E-state index in [4.69, 9.17) is 5.73 Å². The summed E-state index contributed by atoms with van der Waals surface area (Å²) in [5.74, 6) is -0.186. The summed E-state index contributed by atoms with van der Waals surface area (Å²) in [6.07, 6.45) is 1.67. The van der Waals surface area contributed by atoms with Crippen molar-refractivity contribution in [2.75, 3.05) is 11.1 Å². The summed E-state index contributed by atoms with van der Waals surface area (Å²) in [7, 11) is 0. The van der Waals surface area contributed by atoms with E-state index in [1.165, 1.54) is 22.7 Å². The van der Waals surface area contributed by atoms with Crippen molar-refractivity contribution in [1.29, 1.82) is 0 Å². The Morgan fingerprint density at radius 1 is 1.39 bits per heavy atom. The third-order valence-corrected chi connectivity index (χ3v) is 4.31. The van der Waals surface area contributed by atoms with E-state index >= 15 is 0 Å². The van der Waals surface area contributed by atoms with Gasteiger partial charge in [-0.2, -0.15) is 11.3 Å². The minimum Gasteiger partial charge on any atom is -0.396 e. The molecule has 3 heterocycles. The number of aromatic nitrogens is 1. The predicted molar refractivity (Wildman–Crippen MR) is 76.3 cm³/mol. The first-order chi connectivity index (χ1) is 8.75. The van der Waals surface area contributed by atoms with Gasteiger partial charge in [-0.3, -0.25) is 9.78 Å². The fourth-order valence-electron chi connectivity index (χ4n) is 1.64. The average molecular weight is 275 g/mol. The number of carbonyl (C=O) groups is 1. The van der Waals surface area contributed by atoms with E-state index < -0.39 is 0 Å². The Balaban J connectivity index is 1.99. The molecule has 0 aliphatic heterocycles. The second kappa shape index (κ2) is 4.40. The van der Waals surface area contributed by atoms with Gasteiger partial charge in [0.25, 0.3) is 5.91 Å². The number of nitrogens with zero attached hydrogens (tertiary/aromatic N) is 1. The number of hydrogen-bond acceptors (Lipinski definition) is 5. The summed E-state index contributed by atoms with van der Waals surface area (Å²) < 4.78 is 0.922. The van der Waals surface area contributed by atoms with Crippen molar-refractivity contribution in [1.82, 2.24) is 4.98 Å². The smallest absolute Gasteiger partial charge is 0.267 e. The minimum atomic E-state index is -0.186. The van der Waals surface area contributed by atoms with Crippen LogP contribution in [0.2, 0.25) is 0 Å². The molecule has 3 N–H and O–H groups in total. The second-order valence-electron chi connectivity index (χ2n) is 3.66. The molecular weight excluding hydrogens is 266 g/mol. The zero-order valence-corrected chi connectivity index (χ0v) is 10.8. The molecule has 0 radical (unpaired) electrons. The summed E-state index contributed by atoms with van der Waals surface area (Å²) in [6.45, 7) is 0. The first-order valence-corrected chi connectivity index (χ1v) is 6.98. The van der Waals surface area contributed by atoms with Crippen LogP contribution in [-0.4, -0.2) is 10.9 Å². The number of thiophene rings is 2. The largest absolute Gasteiger partial charge is 0.396 e. The quantitative estimate of drug-likeness (QED) is 0.754. The number of pyridine rings is 1. The molecule has 3 aromatic heterocycles. The summed E-state index contributed by atoms with van der Waals surface area (Å²) >= 11 is 2.89. The van der Waals surface area contributed by atoms with E-state index in [2.05, 4.69) is 10.3 Å². The normalized spacial score (nSPS) is 10.7. The average Bonchev–Trinajstić information content (AvgIpc) is 2.98. The molecule has 0 spiro atoms. The van der Waals surface area contributed by atoms with Crippen LogP contribution in [0.15, 0.2) is 35.2 Å². The third kappa shape index (κ3) is 1.85. The Hall–Kier alpha value is -1.92. The molecule has 0 saturated carbocycles. The maximum Gasteiger partial charge on any atom is 0.267 e. The lowest BCUT2D eigenvalue weighted by Crippen LogP contribution is -2.11. The van der Waals surface area contributed by atoms with Gasteiger partial charge in [0.2, 0.25) is 0 Å². The maximum absolute atomic E-state index is 12.1. The van der Waals surface area contributed by atoms with E-state index in [9.17, 15) is 4.79 Å².